The monoisotopic (exact) mass is 295 g/mol. The second-order valence-corrected chi connectivity index (χ2v) is 5.13. The predicted octanol–water partition coefficient (Wildman–Crippen LogP) is 3.55. The maximum Gasteiger partial charge on any atom is 0.203 e. The maximum absolute atomic E-state index is 5.88. The number of hydrogen-bond donors (Lipinski definition) is 1. The third-order valence-corrected chi connectivity index (χ3v) is 3.45. The number of ether oxygens (including phenoxy) is 3. The topological polar surface area (TPSA) is 53.7 Å². The molecule has 0 radical (unpaired) electrons. The highest BCUT2D eigenvalue weighted by Gasteiger charge is 2.13. The van der Waals surface area contributed by atoms with Crippen LogP contribution in [-0.2, 0) is 6.42 Å². The zero-order valence-electron chi connectivity index (χ0n) is 13.6. The van der Waals surface area contributed by atoms with E-state index in [4.69, 9.17) is 19.9 Å². The van der Waals surface area contributed by atoms with Gasteiger partial charge in [0, 0.05) is 0 Å². The molecular formula is C17H29NO3. The van der Waals surface area contributed by atoms with Crippen LogP contribution in [0, 0.1) is 0 Å². The van der Waals surface area contributed by atoms with Gasteiger partial charge in [0.05, 0.1) is 20.8 Å². The minimum Gasteiger partial charge on any atom is -0.493 e. The molecule has 4 nitrogen and oxygen atoms in total. The van der Waals surface area contributed by atoms with Crippen LogP contribution in [0.3, 0.4) is 0 Å². The van der Waals surface area contributed by atoms with Crippen LogP contribution in [0.1, 0.15) is 44.6 Å². The molecule has 0 saturated carbocycles. The van der Waals surface area contributed by atoms with E-state index in [1.807, 2.05) is 12.1 Å². The third kappa shape index (κ3) is 5.84. The Kier molecular flexibility index (Phi) is 8.67. The van der Waals surface area contributed by atoms with Crippen molar-refractivity contribution in [3.63, 3.8) is 0 Å². The molecule has 1 aromatic carbocycles. The maximum atomic E-state index is 5.88. The van der Waals surface area contributed by atoms with Crippen LogP contribution in [-0.4, -0.2) is 27.4 Å². The first-order valence-corrected chi connectivity index (χ1v) is 7.84. The minimum absolute atomic E-state index is 0.601. The van der Waals surface area contributed by atoms with Gasteiger partial charge < -0.3 is 19.9 Å². The molecule has 0 unspecified atom stereocenters. The molecule has 4 heteroatoms. The summed E-state index contributed by atoms with van der Waals surface area (Å²) in [6.45, 7) is 3.51. The molecule has 0 heterocycles. The largest absolute Gasteiger partial charge is 0.493 e. The van der Waals surface area contributed by atoms with Gasteiger partial charge in [0.2, 0.25) is 5.75 Å². The van der Waals surface area contributed by atoms with E-state index in [9.17, 15) is 0 Å². The van der Waals surface area contributed by atoms with Gasteiger partial charge in [-0.2, -0.15) is 0 Å². The third-order valence-electron chi connectivity index (χ3n) is 3.45. The van der Waals surface area contributed by atoms with Gasteiger partial charge >= 0.3 is 0 Å². The van der Waals surface area contributed by atoms with Crippen molar-refractivity contribution in [3.05, 3.63) is 17.7 Å². The van der Waals surface area contributed by atoms with Gasteiger partial charge in [0.15, 0.2) is 11.5 Å². The molecule has 0 amide bonds. The lowest BCUT2D eigenvalue weighted by Gasteiger charge is -2.16. The molecule has 1 aromatic rings. The molecule has 2 N–H and O–H groups in total. The van der Waals surface area contributed by atoms with E-state index in [1.165, 1.54) is 25.7 Å². The van der Waals surface area contributed by atoms with Gasteiger partial charge in [-0.05, 0) is 37.1 Å². The molecule has 0 atom stereocenters. The Morgan fingerprint density at radius 3 is 2.10 bits per heavy atom. The minimum atomic E-state index is 0.601. The summed E-state index contributed by atoms with van der Waals surface area (Å²) in [7, 11) is 3.30. The van der Waals surface area contributed by atoms with Crippen molar-refractivity contribution in [2.75, 3.05) is 27.4 Å². The standard InChI is InChI=1S/C17H29NO3/c1-4-5-6-7-8-11-21-17-15(19-2)12-14(9-10-18)13-16(17)20-3/h12-13H,4-11,18H2,1-3H3. The van der Waals surface area contributed by atoms with Crippen LogP contribution in [0.25, 0.3) is 0 Å². The van der Waals surface area contributed by atoms with Crippen LogP contribution >= 0.6 is 0 Å². The molecule has 1 rings (SSSR count). The van der Waals surface area contributed by atoms with Crippen molar-refractivity contribution in [1.82, 2.24) is 0 Å². The number of benzene rings is 1. The smallest absolute Gasteiger partial charge is 0.203 e. The Balaban J connectivity index is 2.66. The van der Waals surface area contributed by atoms with Crippen molar-refractivity contribution in [1.29, 1.82) is 0 Å². The molecule has 120 valence electrons. The molecule has 0 aliphatic heterocycles. The summed E-state index contributed by atoms with van der Waals surface area (Å²) < 4.78 is 16.7. The quantitative estimate of drug-likeness (QED) is 0.634. The number of rotatable bonds is 11. The van der Waals surface area contributed by atoms with Crippen LogP contribution in [0.15, 0.2) is 12.1 Å². The van der Waals surface area contributed by atoms with E-state index >= 15 is 0 Å². The highest BCUT2D eigenvalue weighted by molar-refractivity contribution is 5.53. The van der Waals surface area contributed by atoms with Crippen LogP contribution in [0.4, 0.5) is 0 Å². The van der Waals surface area contributed by atoms with E-state index in [1.54, 1.807) is 14.2 Å². The Morgan fingerprint density at radius 1 is 0.952 bits per heavy atom. The molecular weight excluding hydrogens is 266 g/mol. The van der Waals surface area contributed by atoms with Gasteiger partial charge in [-0.3, -0.25) is 0 Å². The van der Waals surface area contributed by atoms with Gasteiger partial charge in [-0.15, -0.1) is 0 Å². The van der Waals surface area contributed by atoms with Crippen molar-refractivity contribution < 1.29 is 14.2 Å². The van der Waals surface area contributed by atoms with Crippen LogP contribution in [0.2, 0.25) is 0 Å². The zero-order chi connectivity index (χ0) is 15.5. The Hall–Kier alpha value is -1.42. The predicted molar refractivity (Wildman–Crippen MR) is 86.6 cm³/mol. The number of hydrogen-bond acceptors (Lipinski definition) is 4. The van der Waals surface area contributed by atoms with Gasteiger partial charge in [0.1, 0.15) is 0 Å². The van der Waals surface area contributed by atoms with Crippen molar-refractivity contribution >= 4 is 0 Å². The lowest BCUT2D eigenvalue weighted by molar-refractivity contribution is 0.267. The van der Waals surface area contributed by atoms with Gasteiger partial charge in [-0.1, -0.05) is 32.6 Å². The van der Waals surface area contributed by atoms with Crippen LogP contribution < -0.4 is 19.9 Å². The molecule has 0 aliphatic rings. The molecule has 0 fully saturated rings. The molecule has 0 aliphatic carbocycles. The molecule has 21 heavy (non-hydrogen) atoms. The van der Waals surface area contributed by atoms with Crippen molar-refractivity contribution in [2.24, 2.45) is 5.73 Å². The van der Waals surface area contributed by atoms with E-state index in [2.05, 4.69) is 6.92 Å². The zero-order valence-corrected chi connectivity index (χ0v) is 13.6. The summed E-state index contributed by atoms with van der Waals surface area (Å²) in [5.74, 6) is 2.12. The second-order valence-electron chi connectivity index (χ2n) is 5.13. The average Bonchev–Trinajstić information content (AvgIpc) is 2.51. The lowest BCUT2D eigenvalue weighted by atomic mass is 10.1. The lowest BCUT2D eigenvalue weighted by Crippen LogP contribution is -2.05. The Morgan fingerprint density at radius 2 is 1.57 bits per heavy atom. The summed E-state index contributed by atoms with van der Waals surface area (Å²) in [6.07, 6.45) is 6.86. The highest BCUT2D eigenvalue weighted by Crippen LogP contribution is 2.38. The SMILES string of the molecule is CCCCCCCOc1c(OC)cc(CCN)cc1OC. The normalized spacial score (nSPS) is 10.5. The van der Waals surface area contributed by atoms with Crippen LogP contribution in [0.5, 0.6) is 17.2 Å². The molecule has 0 bridgehead atoms. The van der Waals surface area contributed by atoms with E-state index in [-0.39, 0.29) is 0 Å². The number of nitrogens with two attached hydrogens (primary N) is 1. The fourth-order valence-electron chi connectivity index (χ4n) is 2.27. The fraction of sp³-hybridized carbons (Fsp3) is 0.647. The van der Waals surface area contributed by atoms with E-state index in [0.717, 1.165) is 18.4 Å². The summed E-state index contributed by atoms with van der Waals surface area (Å²) >= 11 is 0. The fourth-order valence-corrected chi connectivity index (χ4v) is 2.27. The number of methoxy groups -OCH3 is 2. The first kappa shape index (κ1) is 17.6. The molecule has 0 saturated heterocycles. The first-order chi connectivity index (χ1) is 10.3. The number of unbranched alkanes of at least 4 members (excludes halogenated alkanes) is 4. The Bertz CT molecular complexity index is 382. The summed E-state index contributed by atoms with van der Waals surface area (Å²) in [5.41, 5.74) is 6.71. The summed E-state index contributed by atoms with van der Waals surface area (Å²) in [5, 5.41) is 0. The van der Waals surface area contributed by atoms with Gasteiger partial charge in [0.25, 0.3) is 0 Å². The second kappa shape index (κ2) is 10.3. The molecule has 0 spiro atoms. The molecule has 0 aromatic heterocycles. The first-order valence-electron chi connectivity index (χ1n) is 7.84. The van der Waals surface area contributed by atoms with Crippen molar-refractivity contribution in [3.8, 4) is 17.2 Å². The summed E-state index contributed by atoms with van der Waals surface area (Å²) in [4.78, 5) is 0. The highest BCUT2D eigenvalue weighted by atomic mass is 16.5. The Labute approximate surface area is 128 Å². The summed E-state index contributed by atoms with van der Waals surface area (Å²) in [6, 6.07) is 3.95. The average molecular weight is 295 g/mol. The van der Waals surface area contributed by atoms with E-state index < -0.39 is 0 Å². The van der Waals surface area contributed by atoms with E-state index in [0.29, 0.717) is 30.4 Å². The van der Waals surface area contributed by atoms with Crippen molar-refractivity contribution in [2.45, 2.75) is 45.4 Å². The van der Waals surface area contributed by atoms with Gasteiger partial charge in [-0.25, -0.2) is 0 Å².